The summed E-state index contributed by atoms with van der Waals surface area (Å²) in [5.74, 6) is -3.71. The van der Waals surface area contributed by atoms with Crippen molar-refractivity contribution in [3.63, 3.8) is 0 Å². The Kier molecular flexibility index (Phi) is 16.6. The molecular weight excluding hydrogens is 588 g/mol. The molecule has 0 aliphatic heterocycles. The second kappa shape index (κ2) is 19.5. The Morgan fingerprint density at radius 3 is 2.16 bits per heavy atom. The van der Waals surface area contributed by atoms with E-state index in [0.717, 1.165) is 0 Å². The number of hydrogen-bond donors (Lipinski definition) is 8. The fraction of sp³-hybridized carbons (Fsp3) is 0.552. The van der Waals surface area contributed by atoms with Crippen LogP contribution in [0.15, 0.2) is 18.2 Å². The minimum atomic E-state index is -1.12. The van der Waals surface area contributed by atoms with Crippen LogP contribution in [0, 0.1) is 5.92 Å². The number of rotatable bonds is 19. The minimum absolute atomic E-state index is 0.0302. The van der Waals surface area contributed by atoms with Crippen molar-refractivity contribution in [2.45, 2.75) is 78.1 Å². The Morgan fingerprint density at radius 2 is 1.60 bits per heavy atom. The van der Waals surface area contributed by atoms with Gasteiger partial charge in [-0.15, -0.1) is 0 Å². The summed E-state index contributed by atoms with van der Waals surface area (Å²) in [6.45, 7) is 6.88. The summed E-state index contributed by atoms with van der Waals surface area (Å²) in [5.41, 5.74) is 11.2. The number of nitrogens with one attached hydrogen (secondary N) is 6. The van der Waals surface area contributed by atoms with Crippen molar-refractivity contribution in [2.75, 3.05) is 25.5 Å². The molecule has 0 aliphatic carbocycles. The molecule has 250 valence electrons. The first-order chi connectivity index (χ1) is 21.2. The third-order valence-corrected chi connectivity index (χ3v) is 6.58. The molecule has 16 nitrogen and oxygen atoms in total. The summed E-state index contributed by atoms with van der Waals surface area (Å²) in [6, 6.07) is 0.782. The molecule has 1 aromatic rings. The maximum atomic E-state index is 13.4. The van der Waals surface area contributed by atoms with Crippen LogP contribution in [0.2, 0.25) is 0 Å². The van der Waals surface area contributed by atoms with Gasteiger partial charge < -0.3 is 48.1 Å². The zero-order chi connectivity index (χ0) is 34.1. The topological polar surface area (TPSA) is 253 Å². The third-order valence-electron chi connectivity index (χ3n) is 6.58. The maximum absolute atomic E-state index is 13.4. The standard InChI is InChI=1S/C29H46N8O8/c1-6-33-21(11-12-23(30)39)26(41)37-24(16(2)3)28(43)36-22(8-7-13-34-29(31)44)27(42)35-19-10-9-18(15-45-17(4)38)20(14-19)25(40)32-5/h9-10,14,16,21-22,24,33H,6-8,11-13,15H2,1-5H3,(H2,30,39)(H,32,40)(H,35,42)(H,36,43)(H,37,41)(H3,31,34,44)/t21-,22-,24-/m0/s1. The van der Waals surface area contributed by atoms with Gasteiger partial charge in [-0.1, -0.05) is 26.8 Å². The highest BCUT2D eigenvalue weighted by atomic mass is 16.5. The van der Waals surface area contributed by atoms with Crippen LogP contribution >= 0.6 is 0 Å². The summed E-state index contributed by atoms with van der Waals surface area (Å²) in [5, 5.41) is 16.0. The largest absolute Gasteiger partial charge is 0.461 e. The zero-order valence-electron chi connectivity index (χ0n) is 26.4. The molecule has 0 saturated carbocycles. The fourth-order valence-electron chi connectivity index (χ4n) is 4.23. The number of esters is 1. The molecule has 7 amide bonds. The molecule has 0 spiro atoms. The summed E-state index contributed by atoms with van der Waals surface area (Å²) in [4.78, 5) is 86.0. The number of amides is 7. The van der Waals surface area contributed by atoms with Crippen molar-refractivity contribution >= 4 is 47.2 Å². The molecule has 16 heteroatoms. The van der Waals surface area contributed by atoms with Crippen molar-refractivity contribution in [3.05, 3.63) is 29.3 Å². The smallest absolute Gasteiger partial charge is 0.312 e. The summed E-state index contributed by atoms with van der Waals surface area (Å²) in [6.07, 6.45) is 0.455. The highest BCUT2D eigenvalue weighted by Gasteiger charge is 2.31. The van der Waals surface area contributed by atoms with Crippen LogP contribution in [0.25, 0.3) is 0 Å². The lowest BCUT2D eigenvalue weighted by Crippen LogP contribution is -2.57. The minimum Gasteiger partial charge on any atom is -0.461 e. The van der Waals surface area contributed by atoms with Gasteiger partial charge in [-0.05, 0) is 43.9 Å². The number of carbonyl (C=O) groups is 7. The van der Waals surface area contributed by atoms with Gasteiger partial charge >= 0.3 is 12.0 Å². The number of benzene rings is 1. The number of hydrogen-bond acceptors (Lipinski definition) is 9. The van der Waals surface area contributed by atoms with Gasteiger partial charge in [0.2, 0.25) is 23.6 Å². The van der Waals surface area contributed by atoms with Gasteiger partial charge in [0.1, 0.15) is 18.7 Å². The Morgan fingerprint density at radius 1 is 0.911 bits per heavy atom. The van der Waals surface area contributed by atoms with Gasteiger partial charge in [-0.2, -0.15) is 0 Å². The van der Waals surface area contributed by atoms with Crippen LogP contribution < -0.4 is 43.4 Å². The highest BCUT2D eigenvalue weighted by molar-refractivity contribution is 6.01. The first-order valence-corrected chi connectivity index (χ1v) is 14.6. The van der Waals surface area contributed by atoms with E-state index < -0.39 is 59.7 Å². The summed E-state index contributed by atoms with van der Waals surface area (Å²) in [7, 11) is 1.43. The quantitative estimate of drug-likeness (QED) is 0.0711. The van der Waals surface area contributed by atoms with Crippen LogP contribution in [0.4, 0.5) is 10.5 Å². The van der Waals surface area contributed by atoms with E-state index in [0.29, 0.717) is 12.1 Å². The van der Waals surface area contributed by atoms with Gasteiger partial charge in [0.05, 0.1) is 6.04 Å². The molecule has 3 atom stereocenters. The lowest BCUT2D eigenvalue weighted by Gasteiger charge is -2.27. The number of anilines is 1. The molecular formula is C29H46N8O8. The molecule has 0 bridgehead atoms. The van der Waals surface area contributed by atoms with Gasteiger partial charge in [0.15, 0.2) is 0 Å². The average molecular weight is 635 g/mol. The van der Waals surface area contributed by atoms with Gasteiger partial charge in [0, 0.05) is 43.8 Å². The van der Waals surface area contributed by atoms with Gasteiger partial charge in [0.25, 0.3) is 5.91 Å². The molecule has 45 heavy (non-hydrogen) atoms. The van der Waals surface area contributed by atoms with Crippen molar-refractivity contribution in [2.24, 2.45) is 17.4 Å². The molecule has 1 rings (SSSR count). The van der Waals surface area contributed by atoms with E-state index in [9.17, 15) is 33.6 Å². The van der Waals surface area contributed by atoms with Crippen LogP contribution in [0.5, 0.6) is 0 Å². The van der Waals surface area contributed by atoms with E-state index in [1.54, 1.807) is 20.8 Å². The SMILES string of the molecule is CCN[C@@H](CCC(N)=O)C(=O)N[C@H](C(=O)N[C@@H](CCCNC(N)=O)C(=O)Nc1ccc(COC(C)=O)c(C(=O)NC)c1)C(C)C. The van der Waals surface area contributed by atoms with E-state index in [1.165, 1.54) is 32.2 Å². The van der Waals surface area contributed by atoms with Crippen molar-refractivity contribution < 1.29 is 38.3 Å². The predicted octanol–water partition coefficient (Wildman–Crippen LogP) is -0.634. The number of likely N-dealkylation sites (N-methyl/N-ethyl adjacent to an activating group) is 1. The van der Waals surface area contributed by atoms with Crippen LogP contribution in [-0.4, -0.2) is 79.8 Å². The number of primary amides is 2. The van der Waals surface area contributed by atoms with Gasteiger partial charge in [-0.25, -0.2) is 4.79 Å². The monoisotopic (exact) mass is 634 g/mol. The van der Waals surface area contributed by atoms with Crippen LogP contribution in [-0.2, 0) is 35.3 Å². The second-order valence-electron chi connectivity index (χ2n) is 10.6. The molecule has 1 aromatic carbocycles. The molecule has 0 fully saturated rings. The Labute approximate surface area is 262 Å². The summed E-state index contributed by atoms with van der Waals surface area (Å²) < 4.78 is 5.01. The van der Waals surface area contributed by atoms with Crippen molar-refractivity contribution in [3.8, 4) is 0 Å². The van der Waals surface area contributed by atoms with E-state index in [1.807, 2.05) is 0 Å². The fourth-order valence-corrected chi connectivity index (χ4v) is 4.23. The zero-order valence-corrected chi connectivity index (χ0v) is 26.4. The van der Waals surface area contributed by atoms with E-state index in [-0.39, 0.29) is 56.0 Å². The van der Waals surface area contributed by atoms with Crippen LogP contribution in [0.3, 0.4) is 0 Å². The molecule has 0 aromatic heterocycles. The molecule has 0 aliphatic rings. The lowest BCUT2D eigenvalue weighted by molar-refractivity contribution is -0.142. The van der Waals surface area contributed by atoms with E-state index in [4.69, 9.17) is 16.2 Å². The van der Waals surface area contributed by atoms with Crippen LogP contribution in [0.1, 0.15) is 69.3 Å². The molecule has 0 radical (unpaired) electrons. The number of ether oxygens (including phenoxy) is 1. The third kappa shape index (κ3) is 14.1. The highest BCUT2D eigenvalue weighted by Crippen LogP contribution is 2.18. The second-order valence-corrected chi connectivity index (χ2v) is 10.6. The van der Waals surface area contributed by atoms with E-state index in [2.05, 4.69) is 31.9 Å². The van der Waals surface area contributed by atoms with Gasteiger partial charge in [-0.3, -0.25) is 28.8 Å². The first-order valence-electron chi connectivity index (χ1n) is 14.6. The number of urea groups is 1. The Hall–Kier alpha value is -4.73. The first kappa shape index (κ1) is 38.3. The van der Waals surface area contributed by atoms with Crippen molar-refractivity contribution in [1.29, 1.82) is 0 Å². The molecule has 10 N–H and O–H groups in total. The molecule has 0 saturated heterocycles. The normalized spacial score (nSPS) is 12.7. The molecule has 0 unspecified atom stereocenters. The molecule has 0 heterocycles. The Bertz CT molecular complexity index is 1220. The number of nitrogens with two attached hydrogens (primary N) is 2. The Balaban J connectivity index is 3.21. The van der Waals surface area contributed by atoms with Crippen molar-refractivity contribution in [1.82, 2.24) is 26.6 Å². The lowest BCUT2D eigenvalue weighted by atomic mass is 10.0. The average Bonchev–Trinajstić information content (AvgIpc) is 2.97. The van der Waals surface area contributed by atoms with E-state index >= 15 is 0 Å². The predicted molar refractivity (Wildman–Crippen MR) is 165 cm³/mol. The maximum Gasteiger partial charge on any atom is 0.312 e. The summed E-state index contributed by atoms with van der Waals surface area (Å²) >= 11 is 0. The number of carbonyl (C=O) groups excluding carboxylic acids is 7.